The number of rotatable bonds is 1. The summed E-state index contributed by atoms with van der Waals surface area (Å²) in [7, 11) is 1.04. The zero-order chi connectivity index (χ0) is 10.2. The van der Waals surface area contributed by atoms with E-state index in [4.69, 9.17) is 0 Å². The fourth-order valence-electron chi connectivity index (χ4n) is 0.764. The molecule has 13 heavy (non-hydrogen) atoms. The zero-order valence-electron chi connectivity index (χ0n) is 6.30. The van der Waals surface area contributed by atoms with E-state index in [9.17, 15) is 17.6 Å². The second kappa shape index (κ2) is 3.69. The molecule has 0 N–H and O–H groups in total. The highest BCUT2D eigenvalue weighted by Crippen LogP contribution is 2.30. The molecule has 0 radical (unpaired) electrons. The molecule has 0 fully saturated rings. The molecule has 6 heteroatoms. The predicted octanol–water partition coefficient (Wildman–Crippen LogP) is 2.86. The lowest BCUT2D eigenvalue weighted by Gasteiger charge is -2.06. The fourth-order valence-corrected chi connectivity index (χ4v) is 1.46. The Labute approximate surface area is 84.8 Å². The normalized spacial score (nSPS) is 10.3. The minimum atomic E-state index is -1.87. The summed E-state index contributed by atoms with van der Waals surface area (Å²) >= 11 is 1.33. The Morgan fingerprint density at radius 3 is 1.85 bits per heavy atom. The van der Waals surface area contributed by atoms with Gasteiger partial charge in [0.05, 0.1) is 10.7 Å². The molecule has 0 atom stereocenters. The van der Waals surface area contributed by atoms with Crippen LogP contribution in [0.25, 0.3) is 0 Å². The Morgan fingerprint density at radius 2 is 1.38 bits per heavy atom. The molecule has 1 aromatic rings. The van der Waals surface area contributed by atoms with Crippen molar-refractivity contribution in [2.75, 3.05) is 7.11 Å². The molecule has 0 aliphatic rings. The molecule has 0 bridgehead atoms. The Morgan fingerprint density at radius 1 is 0.923 bits per heavy atom. The molecule has 0 amide bonds. The van der Waals surface area contributed by atoms with Crippen molar-refractivity contribution < 1.29 is 22.3 Å². The Balaban J connectivity index is 3.56. The van der Waals surface area contributed by atoms with Gasteiger partial charge in [-0.05, 0) is 22.6 Å². The number of hydrogen-bond donors (Lipinski definition) is 0. The maximum absolute atomic E-state index is 12.8. The third-order valence-electron chi connectivity index (χ3n) is 1.37. The van der Waals surface area contributed by atoms with Crippen LogP contribution in [0.5, 0.6) is 5.75 Å². The van der Waals surface area contributed by atoms with E-state index in [-0.39, 0.29) is 0 Å². The molecule has 0 saturated heterocycles. The van der Waals surface area contributed by atoms with Crippen molar-refractivity contribution in [3.63, 3.8) is 0 Å². The molecule has 0 aromatic heterocycles. The van der Waals surface area contributed by atoms with Gasteiger partial charge in [0.2, 0.25) is 11.6 Å². The van der Waals surface area contributed by atoms with Crippen molar-refractivity contribution in [2.45, 2.75) is 0 Å². The van der Waals surface area contributed by atoms with Gasteiger partial charge in [-0.15, -0.1) is 0 Å². The zero-order valence-corrected chi connectivity index (χ0v) is 8.46. The van der Waals surface area contributed by atoms with Gasteiger partial charge in [-0.2, -0.15) is 4.39 Å². The lowest BCUT2D eigenvalue weighted by molar-refractivity contribution is 0.341. The summed E-state index contributed by atoms with van der Waals surface area (Å²) in [4.78, 5) is 0. The second-order valence-electron chi connectivity index (χ2n) is 2.10. The lowest BCUT2D eigenvalue weighted by Crippen LogP contribution is -2.03. The van der Waals surface area contributed by atoms with Crippen LogP contribution in [0.1, 0.15) is 0 Å². The molecule has 1 rings (SSSR count). The van der Waals surface area contributed by atoms with E-state index >= 15 is 0 Å². The monoisotopic (exact) mass is 306 g/mol. The van der Waals surface area contributed by atoms with Gasteiger partial charge in [0.25, 0.3) is 0 Å². The number of halogens is 5. The first-order valence-corrected chi connectivity index (χ1v) is 4.14. The molecule has 0 aliphatic carbocycles. The minimum Gasteiger partial charge on any atom is -0.492 e. The van der Waals surface area contributed by atoms with Crippen LogP contribution in [-0.2, 0) is 0 Å². The highest BCUT2D eigenvalue weighted by molar-refractivity contribution is 14.1. The van der Waals surface area contributed by atoms with Crippen molar-refractivity contribution in [1.29, 1.82) is 0 Å². The Kier molecular flexibility index (Phi) is 2.99. The summed E-state index contributed by atoms with van der Waals surface area (Å²) in [5.74, 6) is -7.29. The molecule has 0 spiro atoms. The quantitative estimate of drug-likeness (QED) is 0.335. The summed E-state index contributed by atoms with van der Waals surface area (Å²) < 4.78 is 54.5. The molecule has 72 valence electrons. The molecule has 0 saturated carbocycles. The second-order valence-corrected chi connectivity index (χ2v) is 3.18. The highest BCUT2D eigenvalue weighted by Gasteiger charge is 2.24. The molecule has 0 unspecified atom stereocenters. The molecular weight excluding hydrogens is 303 g/mol. The fraction of sp³-hybridized carbons (Fsp3) is 0.143. The van der Waals surface area contributed by atoms with E-state index in [1.807, 2.05) is 0 Å². The van der Waals surface area contributed by atoms with Crippen molar-refractivity contribution >= 4 is 22.6 Å². The smallest absolute Gasteiger partial charge is 0.204 e. The Hall–Kier alpha value is -0.530. The van der Waals surface area contributed by atoms with Gasteiger partial charge < -0.3 is 4.74 Å². The Bertz CT molecular complexity index is 324. The van der Waals surface area contributed by atoms with Crippen LogP contribution < -0.4 is 4.74 Å². The maximum atomic E-state index is 12.8. The molecule has 1 aromatic carbocycles. The van der Waals surface area contributed by atoms with Crippen LogP contribution in [0.3, 0.4) is 0 Å². The third kappa shape index (κ3) is 1.59. The van der Waals surface area contributed by atoms with Crippen LogP contribution in [0, 0.1) is 26.8 Å². The number of ether oxygens (including phenoxy) is 1. The summed E-state index contributed by atoms with van der Waals surface area (Å²) in [6, 6.07) is 0. The van der Waals surface area contributed by atoms with E-state index in [0.717, 1.165) is 7.11 Å². The largest absolute Gasteiger partial charge is 0.492 e. The maximum Gasteiger partial charge on any atom is 0.204 e. The first-order valence-electron chi connectivity index (χ1n) is 3.06. The van der Waals surface area contributed by atoms with Gasteiger partial charge in [-0.25, -0.2) is 13.2 Å². The van der Waals surface area contributed by atoms with E-state index < -0.39 is 32.6 Å². The average Bonchev–Trinajstić information content (AvgIpc) is 2.13. The van der Waals surface area contributed by atoms with Crippen molar-refractivity contribution in [1.82, 2.24) is 0 Å². The number of methoxy groups -OCH3 is 1. The van der Waals surface area contributed by atoms with Gasteiger partial charge in [0.1, 0.15) is 0 Å². The SMILES string of the molecule is COc1c(F)c(F)c(F)c(F)c1I. The summed E-state index contributed by atoms with van der Waals surface area (Å²) in [6.07, 6.45) is 0. The number of hydrogen-bond acceptors (Lipinski definition) is 1. The first-order chi connectivity index (χ1) is 6.00. The van der Waals surface area contributed by atoms with Crippen molar-refractivity contribution in [3.05, 3.63) is 26.8 Å². The van der Waals surface area contributed by atoms with Gasteiger partial charge >= 0.3 is 0 Å². The first kappa shape index (κ1) is 10.6. The molecule has 0 aliphatic heterocycles. The lowest BCUT2D eigenvalue weighted by atomic mass is 10.3. The highest BCUT2D eigenvalue weighted by atomic mass is 127. The van der Waals surface area contributed by atoms with Crippen molar-refractivity contribution in [2.24, 2.45) is 0 Å². The van der Waals surface area contributed by atoms with Gasteiger partial charge in [0, 0.05) is 0 Å². The van der Waals surface area contributed by atoms with Crippen LogP contribution in [0.15, 0.2) is 0 Å². The molecule has 0 heterocycles. The number of benzene rings is 1. The van der Waals surface area contributed by atoms with Crippen LogP contribution in [0.2, 0.25) is 0 Å². The van der Waals surface area contributed by atoms with Crippen molar-refractivity contribution in [3.8, 4) is 5.75 Å². The van der Waals surface area contributed by atoms with E-state index in [1.165, 1.54) is 22.6 Å². The van der Waals surface area contributed by atoms with Crippen LogP contribution in [0.4, 0.5) is 17.6 Å². The van der Waals surface area contributed by atoms with Gasteiger partial charge in [0.15, 0.2) is 17.4 Å². The van der Waals surface area contributed by atoms with E-state index in [2.05, 4.69) is 4.74 Å². The van der Waals surface area contributed by atoms with Crippen LogP contribution in [-0.4, -0.2) is 7.11 Å². The minimum absolute atomic E-state index is 0.420. The van der Waals surface area contributed by atoms with E-state index in [0.29, 0.717) is 0 Å². The summed E-state index contributed by atoms with van der Waals surface area (Å²) in [6.45, 7) is 0. The standard InChI is InChI=1S/C7H3F4IO/c1-13-7-5(11)3(9)2(8)4(10)6(7)12/h1H3. The van der Waals surface area contributed by atoms with Gasteiger partial charge in [-0.3, -0.25) is 0 Å². The summed E-state index contributed by atoms with van der Waals surface area (Å²) in [5.41, 5.74) is 0. The topological polar surface area (TPSA) is 9.23 Å². The van der Waals surface area contributed by atoms with Crippen LogP contribution >= 0.6 is 22.6 Å². The molecule has 1 nitrogen and oxygen atoms in total. The average molecular weight is 306 g/mol. The predicted molar refractivity (Wildman–Crippen MR) is 45.5 cm³/mol. The third-order valence-corrected chi connectivity index (χ3v) is 2.34. The summed E-state index contributed by atoms with van der Waals surface area (Å²) in [5, 5.41) is 0. The van der Waals surface area contributed by atoms with E-state index in [1.54, 1.807) is 0 Å². The van der Waals surface area contributed by atoms with Gasteiger partial charge in [-0.1, -0.05) is 0 Å². The molecular formula is C7H3F4IO.